The van der Waals surface area contributed by atoms with Crippen LogP contribution in [0.15, 0.2) is 0 Å². The Hall–Kier alpha value is -0.0400. The first-order chi connectivity index (χ1) is 8.19. The zero-order valence-corrected chi connectivity index (χ0v) is 12.5. The molecule has 1 aliphatic rings. The molecular formula is C16H33N. The molecule has 1 nitrogen and oxygen atoms in total. The monoisotopic (exact) mass is 239 g/mol. The molecule has 17 heavy (non-hydrogen) atoms. The standard InChI is InChI=1S/C16H33N/c1-5-14-9-7-8-10-15(14)11-12-16(13(3)4)17-6-2/h13-17H,5-12H2,1-4H3. The van der Waals surface area contributed by atoms with E-state index in [9.17, 15) is 0 Å². The molecule has 0 heterocycles. The van der Waals surface area contributed by atoms with Gasteiger partial charge in [-0.15, -0.1) is 0 Å². The molecule has 1 fully saturated rings. The zero-order valence-electron chi connectivity index (χ0n) is 12.5. The second kappa shape index (κ2) is 8.13. The Bertz CT molecular complexity index is 188. The van der Waals surface area contributed by atoms with Gasteiger partial charge in [0, 0.05) is 6.04 Å². The van der Waals surface area contributed by atoms with Crippen LogP contribution in [0.3, 0.4) is 0 Å². The highest BCUT2D eigenvalue weighted by atomic mass is 14.9. The molecular weight excluding hydrogens is 206 g/mol. The number of nitrogens with one attached hydrogen (secondary N) is 1. The topological polar surface area (TPSA) is 12.0 Å². The lowest BCUT2D eigenvalue weighted by Gasteiger charge is -2.32. The van der Waals surface area contributed by atoms with Crippen molar-refractivity contribution in [3.05, 3.63) is 0 Å². The summed E-state index contributed by atoms with van der Waals surface area (Å²) >= 11 is 0. The largest absolute Gasteiger partial charge is 0.314 e. The first-order valence-electron chi connectivity index (χ1n) is 7.92. The number of rotatable bonds is 7. The van der Waals surface area contributed by atoms with Gasteiger partial charge in [-0.25, -0.2) is 0 Å². The Morgan fingerprint density at radius 3 is 2.24 bits per heavy atom. The van der Waals surface area contributed by atoms with Crippen LogP contribution >= 0.6 is 0 Å². The third kappa shape index (κ3) is 4.99. The Morgan fingerprint density at radius 2 is 1.71 bits per heavy atom. The molecule has 1 rings (SSSR count). The summed E-state index contributed by atoms with van der Waals surface area (Å²) in [6, 6.07) is 0.736. The number of hydrogen-bond donors (Lipinski definition) is 1. The molecule has 1 aliphatic carbocycles. The molecule has 1 N–H and O–H groups in total. The van der Waals surface area contributed by atoms with Gasteiger partial charge in [-0.1, -0.05) is 59.8 Å². The van der Waals surface area contributed by atoms with Crippen molar-refractivity contribution in [2.24, 2.45) is 17.8 Å². The molecule has 0 amide bonds. The maximum Gasteiger partial charge on any atom is 0.00900 e. The fourth-order valence-electron chi connectivity index (χ4n) is 3.53. The van der Waals surface area contributed by atoms with Crippen molar-refractivity contribution in [2.75, 3.05) is 6.54 Å². The highest BCUT2D eigenvalue weighted by molar-refractivity contribution is 4.78. The van der Waals surface area contributed by atoms with E-state index >= 15 is 0 Å². The van der Waals surface area contributed by atoms with E-state index in [4.69, 9.17) is 0 Å². The Kier molecular flexibility index (Phi) is 7.18. The molecule has 1 saturated carbocycles. The van der Waals surface area contributed by atoms with E-state index in [1.807, 2.05) is 0 Å². The van der Waals surface area contributed by atoms with E-state index in [0.29, 0.717) is 0 Å². The SMILES string of the molecule is CCNC(CCC1CCCCC1CC)C(C)C. The Balaban J connectivity index is 2.35. The second-order valence-corrected chi connectivity index (χ2v) is 6.20. The van der Waals surface area contributed by atoms with Gasteiger partial charge in [0.05, 0.1) is 0 Å². The van der Waals surface area contributed by atoms with Crippen LogP contribution in [0.1, 0.15) is 72.6 Å². The highest BCUT2D eigenvalue weighted by Gasteiger charge is 2.24. The summed E-state index contributed by atoms with van der Waals surface area (Å²) in [5, 5.41) is 3.65. The van der Waals surface area contributed by atoms with Crippen molar-refractivity contribution in [2.45, 2.75) is 78.7 Å². The maximum atomic E-state index is 3.65. The van der Waals surface area contributed by atoms with Gasteiger partial charge in [0.2, 0.25) is 0 Å². The smallest absolute Gasteiger partial charge is 0.00900 e. The average molecular weight is 239 g/mol. The summed E-state index contributed by atoms with van der Waals surface area (Å²) in [6.07, 6.45) is 10.2. The first-order valence-corrected chi connectivity index (χ1v) is 7.92. The summed E-state index contributed by atoms with van der Waals surface area (Å²) in [4.78, 5) is 0. The van der Waals surface area contributed by atoms with Crippen LogP contribution in [0.4, 0.5) is 0 Å². The molecule has 0 saturated heterocycles. The van der Waals surface area contributed by atoms with Gasteiger partial charge in [-0.2, -0.15) is 0 Å². The predicted octanol–water partition coefficient (Wildman–Crippen LogP) is 4.62. The summed E-state index contributed by atoms with van der Waals surface area (Å²) in [5.74, 6) is 2.82. The predicted molar refractivity (Wildman–Crippen MR) is 77.3 cm³/mol. The van der Waals surface area contributed by atoms with Crippen molar-refractivity contribution < 1.29 is 0 Å². The van der Waals surface area contributed by atoms with Crippen LogP contribution in [-0.2, 0) is 0 Å². The fraction of sp³-hybridized carbons (Fsp3) is 1.00. The van der Waals surface area contributed by atoms with Gasteiger partial charge in [0.1, 0.15) is 0 Å². The van der Waals surface area contributed by atoms with E-state index in [-0.39, 0.29) is 0 Å². The lowest BCUT2D eigenvalue weighted by molar-refractivity contribution is 0.201. The van der Waals surface area contributed by atoms with E-state index < -0.39 is 0 Å². The summed E-state index contributed by atoms with van der Waals surface area (Å²) < 4.78 is 0. The lowest BCUT2D eigenvalue weighted by atomic mass is 9.75. The molecule has 0 aromatic heterocycles. The first kappa shape index (κ1) is 15.0. The molecule has 3 atom stereocenters. The van der Waals surface area contributed by atoms with Crippen LogP contribution in [0, 0.1) is 17.8 Å². The van der Waals surface area contributed by atoms with Crippen LogP contribution in [-0.4, -0.2) is 12.6 Å². The molecule has 0 aromatic carbocycles. The Morgan fingerprint density at radius 1 is 1.06 bits per heavy atom. The minimum Gasteiger partial charge on any atom is -0.314 e. The average Bonchev–Trinajstić information content (AvgIpc) is 2.34. The molecule has 0 spiro atoms. The molecule has 1 heteroatoms. The van der Waals surface area contributed by atoms with Crippen molar-refractivity contribution in [3.8, 4) is 0 Å². The van der Waals surface area contributed by atoms with Gasteiger partial charge < -0.3 is 5.32 Å². The molecule has 0 bridgehead atoms. The summed E-state index contributed by atoms with van der Waals surface area (Å²) in [7, 11) is 0. The highest BCUT2D eigenvalue weighted by Crippen LogP contribution is 2.35. The van der Waals surface area contributed by atoms with Gasteiger partial charge in [-0.05, 0) is 37.1 Å². The van der Waals surface area contributed by atoms with E-state index in [0.717, 1.165) is 30.3 Å². The van der Waals surface area contributed by atoms with Crippen molar-refractivity contribution in [1.82, 2.24) is 5.32 Å². The van der Waals surface area contributed by atoms with Gasteiger partial charge in [0.25, 0.3) is 0 Å². The zero-order chi connectivity index (χ0) is 12.7. The minimum atomic E-state index is 0.736. The van der Waals surface area contributed by atoms with Crippen LogP contribution < -0.4 is 5.32 Å². The van der Waals surface area contributed by atoms with Gasteiger partial charge in [0.15, 0.2) is 0 Å². The fourth-order valence-corrected chi connectivity index (χ4v) is 3.53. The molecule has 102 valence electrons. The van der Waals surface area contributed by atoms with Crippen LogP contribution in [0.25, 0.3) is 0 Å². The molecule has 0 aliphatic heterocycles. The van der Waals surface area contributed by atoms with E-state index in [1.165, 1.54) is 44.9 Å². The third-order valence-electron chi connectivity index (χ3n) is 4.71. The lowest BCUT2D eigenvalue weighted by Crippen LogP contribution is -2.34. The van der Waals surface area contributed by atoms with Gasteiger partial charge >= 0.3 is 0 Å². The quantitative estimate of drug-likeness (QED) is 0.683. The maximum absolute atomic E-state index is 3.65. The normalized spacial score (nSPS) is 27.4. The van der Waals surface area contributed by atoms with Crippen molar-refractivity contribution in [1.29, 1.82) is 0 Å². The van der Waals surface area contributed by atoms with Crippen molar-refractivity contribution in [3.63, 3.8) is 0 Å². The van der Waals surface area contributed by atoms with E-state index in [1.54, 1.807) is 0 Å². The van der Waals surface area contributed by atoms with Crippen LogP contribution in [0.2, 0.25) is 0 Å². The second-order valence-electron chi connectivity index (χ2n) is 6.20. The Labute approximate surface area is 109 Å². The summed E-state index contributed by atoms with van der Waals surface area (Å²) in [5.41, 5.74) is 0. The summed E-state index contributed by atoms with van der Waals surface area (Å²) in [6.45, 7) is 10.4. The molecule has 3 unspecified atom stereocenters. The van der Waals surface area contributed by atoms with Crippen LogP contribution in [0.5, 0.6) is 0 Å². The third-order valence-corrected chi connectivity index (χ3v) is 4.71. The van der Waals surface area contributed by atoms with E-state index in [2.05, 4.69) is 33.0 Å². The molecule has 0 radical (unpaired) electrons. The molecule has 0 aromatic rings. The minimum absolute atomic E-state index is 0.736. The van der Waals surface area contributed by atoms with Gasteiger partial charge in [-0.3, -0.25) is 0 Å². The number of hydrogen-bond acceptors (Lipinski definition) is 1. The van der Waals surface area contributed by atoms with Crippen molar-refractivity contribution >= 4 is 0 Å².